The van der Waals surface area contributed by atoms with Gasteiger partial charge >= 0.3 is 0 Å². The van der Waals surface area contributed by atoms with Gasteiger partial charge in [-0.3, -0.25) is 4.79 Å². The second kappa shape index (κ2) is 3.70. The molecule has 0 saturated heterocycles. The van der Waals surface area contributed by atoms with Gasteiger partial charge in [0.25, 0.3) is 0 Å². The van der Waals surface area contributed by atoms with E-state index in [1.165, 1.54) is 0 Å². The van der Waals surface area contributed by atoms with E-state index in [-0.39, 0.29) is 5.78 Å². The summed E-state index contributed by atoms with van der Waals surface area (Å²) >= 11 is 0. The third-order valence-corrected chi connectivity index (χ3v) is 3.47. The van der Waals surface area contributed by atoms with Crippen molar-refractivity contribution in [3.63, 3.8) is 0 Å². The number of hydrogen-bond acceptors (Lipinski definition) is 2. The summed E-state index contributed by atoms with van der Waals surface area (Å²) in [5, 5.41) is 0. The van der Waals surface area contributed by atoms with Crippen molar-refractivity contribution in [1.29, 1.82) is 0 Å². The highest BCUT2D eigenvalue weighted by Crippen LogP contribution is 2.43. The molecule has 2 nitrogen and oxygen atoms in total. The molecule has 0 aromatic heterocycles. The van der Waals surface area contributed by atoms with E-state index in [1.807, 2.05) is 38.1 Å². The van der Waals surface area contributed by atoms with E-state index in [4.69, 9.17) is 4.74 Å². The Bertz CT molecular complexity index is 669. The molecule has 2 aromatic carbocycles. The van der Waals surface area contributed by atoms with Crippen LogP contribution in [0.3, 0.4) is 0 Å². The number of fused-ring (bicyclic) bond motifs is 3. The minimum atomic E-state index is 0.0734. The van der Waals surface area contributed by atoms with Gasteiger partial charge in [-0.15, -0.1) is 0 Å². The van der Waals surface area contributed by atoms with E-state index in [9.17, 15) is 4.79 Å². The number of methoxy groups -OCH3 is 1. The fraction of sp³-hybridized carbons (Fsp3) is 0.188. The number of ketones is 1. The molecule has 1 aliphatic carbocycles. The summed E-state index contributed by atoms with van der Waals surface area (Å²) in [7, 11) is 1.60. The summed E-state index contributed by atoms with van der Waals surface area (Å²) in [5.74, 6) is 0.731. The first kappa shape index (κ1) is 11.0. The van der Waals surface area contributed by atoms with E-state index >= 15 is 0 Å². The Morgan fingerprint density at radius 3 is 2.50 bits per heavy atom. The van der Waals surface area contributed by atoms with Gasteiger partial charge < -0.3 is 4.74 Å². The van der Waals surface area contributed by atoms with Crippen LogP contribution < -0.4 is 4.74 Å². The average Bonchev–Trinajstić information content (AvgIpc) is 2.63. The molecule has 2 aromatic rings. The van der Waals surface area contributed by atoms with Crippen LogP contribution in [0.4, 0.5) is 0 Å². The van der Waals surface area contributed by atoms with Crippen LogP contribution in [0.1, 0.15) is 27.0 Å². The Morgan fingerprint density at radius 2 is 1.78 bits per heavy atom. The van der Waals surface area contributed by atoms with E-state index in [0.717, 1.165) is 27.8 Å². The monoisotopic (exact) mass is 238 g/mol. The predicted octanol–water partition coefficient (Wildman–Crippen LogP) is 3.52. The lowest BCUT2D eigenvalue weighted by Crippen LogP contribution is -1.99. The zero-order valence-corrected chi connectivity index (χ0v) is 10.7. The molecular weight excluding hydrogens is 224 g/mol. The lowest BCUT2D eigenvalue weighted by molar-refractivity contribution is 0.104. The molecule has 0 spiro atoms. The maximum atomic E-state index is 12.5. The van der Waals surface area contributed by atoms with Gasteiger partial charge in [0, 0.05) is 5.56 Å². The predicted molar refractivity (Wildman–Crippen MR) is 71.3 cm³/mol. The highest BCUT2D eigenvalue weighted by molar-refractivity contribution is 6.23. The third kappa shape index (κ3) is 1.32. The van der Waals surface area contributed by atoms with Gasteiger partial charge in [-0.25, -0.2) is 0 Å². The summed E-state index contributed by atoms with van der Waals surface area (Å²) < 4.78 is 5.31. The number of aryl methyl sites for hydroxylation is 2. The van der Waals surface area contributed by atoms with Crippen molar-refractivity contribution in [3.8, 4) is 16.9 Å². The van der Waals surface area contributed by atoms with Gasteiger partial charge in [-0.2, -0.15) is 0 Å². The number of ether oxygens (including phenoxy) is 1. The number of rotatable bonds is 1. The minimum Gasteiger partial charge on any atom is -0.496 e. The van der Waals surface area contributed by atoms with Crippen molar-refractivity contribution < 1.29 is 9.53 Å². The molecule has 90 valence electrons. The normalized spacial score (nSPS) is 12.3. The maximum absolute atomic E-state index is 12.5. The van der Waals surface area contributed by atoms with Crippen molar-refractivity contribution in [2.24, 2.45) is 0 Å². The lowest BCUT2D eigenvalue weighted by atomic mass is 9.98. The zero-order valence-electron chi connectivity index (χ0n) is 10.7. The number of hydrogen-bond donors (Lipinski definition) is 0. The van der Waals surface area contributed by atoms with Crippen LogP contribution in [-0.2, 0) is 0 Å². The largest absolute Gasteiger partial charge is 0.496 e. The average molecular weight is 238 g/mol. The van der Waals surface area contributed by atoms with Gasteiger partial charge in [-0.05, 0) is 42.7 Å². The van der Waals surface area contributed by atoms with Crippen LogP contribution in [0.5, 0.6) is 5.75 Å². The summed E-state index contributed by atoms with van der Waals surface area (Å²) in [6, 6.07) is 9.83. The highest BCUT2D eigenvalue weighted by Gasteiger charge is 2.30. The quantitative estimate of drug-likeness (QED) is 0.648. The molecule has 0 radical (unpaired) electrons. The Morgan fingerprint density at radius 1 is 1.00 bits per heavy atom. The van der Waals surface area contributed by atoms with Gasteiger partial charge in [0.05, 0.1) is 12.7 Å². The smallest absolute Gasteiger partial charge is 0.198 e. The van der Waals surface area contributed by atoms with E-state index < -0.39 is 0 Å². The summed E-state index contributed by atoms with van der Waals surface area (Å²) in [4.78, 5) is 12.5. The zero-order chi connectivity index (χ0) is 12.9. The molecule has 0 N–H and O–H groups in total. The summed E-state index contributed by atoms with van der Waals surface area (Å²) in [5.41, 5.74) is 5.80. The number of carbonyl (C=O) groups excluding carboxylic acids is 1. The van der Waals surface area contributed by atoms with Crippen LogP contribution in [0.2, 0.25) is 0 Å². The second-order valence-corrected chi connectivity index (χ2v) is 4.72. The third-order valence-electron chi connectivity index (χ3n) is 3.47. The molecule has 0 aliphatic heterocycles. The molecule has 0 fully saturated rings. The fourth-order valence-electron chi connectivity index (χ4n) is 2.78. The van der Waals surface area contributed by atoms with Crippen LogP contribution in [0.15, 0.2) is 30.3 Å². The molecule has 0 atom stereocenters. The summed E-state index contributed by atoms with van der Waals surface area (Å²) in [6.45, 7) is 4.06. The Kier molecular flexibility index (Phi) is 2.27. The topological polar surface area (TPSA) is 26.3 Å². The van der Waals surface area contributed by atoms with Crippen LogP contribution in [0, 0.1) is 13.8 Å². The van der Waals surface area contributed by atoms with Crippen LogP contribution in [-0.4, -0.2) is 12.9 Å². The molecule has 0 bridgehead atoms. The number of benzene rings is 2. The Balaban J connectivity index is 2.39. The maximum Gasteiger partial charge on any atom is 0.198 e. The Labute approximate surface area is 106 Å². The fourth-order valence-corrected chi connectivity index (χ4v) is 2.78. The molecule has 1 aliphatic rings. The lowest BCUT2D eigenvalue weighted by Gasteiger charge is -2.07. The number of carbonyl (C=O) groups is 1. The molecular formula is C16H14O2. The molecule has 0 saturated carbocycles. The highest BCUT2D eigenvalue weighted by atomic mass is 16.5. The van der Waals surface area contributed by atoms with Crippen LogP contribution in [0.25, 0.3) is 11.1 Å². The standard InChI is InChI=1S/C16H14O2/c1-9-7-10(2)14-11-5-4-6-13(18-3)15(11)16(17)12(14)8-9/h4-8H,1-3H3. The van der Waals surface area contributed by atoms with Gasteiger partial charge in [0.2, 0.25) is 0 Å². The molecule has 0 unspecified atom stereocenters. The van der Waals surface area contributed by atoms with E-state index in [1.54, 1.807) is 7.11 Å². The van der Waals surface area contributed by atoms with E-state index in [0.29, 0.717) is 11.3 Å². The van der Waals surface area contributed by atoms with Crippen molar-refractivity contribution in [1.82, 2.24) is 0 Å². The molecule has 3 rings (SSSR count). The summed E-state index contributed by atoms with van der Waals surface area (Å²) in [6.07, 6.45) is 0. The van der Waals surface area contributed by atoms with Gasteiger partial charge in [0.1, 0.15) is 5.75 Å². The Hall–Kier alpha value is -2.09. The van der Waals surface area contributed by atoms with E-state index in [2.05, 4.69) is 6.07 Å². The first-order chi connectivity index (χ1) is 8.63. The first-order valence-corrected chi connectivity index (χ1v) is 5.97. The van der Waals surface area contributed by atoms with Crippen LogP contribution >= 0.6 is 0 Å². The second-order valence-electron chi connectivity index (χ2n) is 4.72. The molecule has 0 heterocycles. The molecule has 2 heteroatoms. The van der Waals surface area contributed by atoms with Crippen molar-refractivity contribution in [2.75, 3.05) is 7.11 Å². The SMILES string of the molecule is COc1cccc2c1C(=O)c1cc(C)cc(C)c1-2. The van der Waals surface area contributed by atoms with Crippen molar-refractivity contribution in [3.05, 3.63) is 52.6 Å². The first-order valence-electron chi connectivity index (χ1n) is 5.97. The van der Waals surface area contributed by atoms with Crippen molar-refractivity contribution in [2.45, 2.75) is 13.8 Å². The molecule has 18 heavy (non-hydrogen) atoms. The molecule has 0 amide bonds. The van der Waals surface area contributed by atoms with Gasteiger partial charge in [-0.1, -0.05) is 23.8 Å². The minimum absolute atomic E-state index is 0.0734. The van der Waals surface area contributed by atoms with Crippen molar-refractivity contribution >= 4 is 5.78 Å². The van der Waals surface area contributed by atoms with Gasteiger partial charge in [0.15, 0.2) is 5.78 Å².